The number of hydrogen-bond donors (Lipinski definition) is 4. The van der Waals surface area contributed by atoms with Gasteiger partial charge in [-0.3, -0.25) is 14.5 Å². The number of carboxylic acid groups (broad SMARTS) is 1. The van der Waals surface area contributed by atoms with Gasteiger partial charge in [-0.2, -0.15) is 5.21 Å². The summed E-state index contributed by atoms with van der Waals surface area (Å²) in [6, 6.07) is 2.16. The SMILES string of the molecule is CO/N=C(\C(=O)NC1C(=O)N2C(C(=O)O)=C(C(CCN)Sc3nn[nH]n3)CS[C@@H]12)c1ccco1. The quantitative estimate of drug-likeness (QED) is 0.137. The summed E-state index contributed by atoms with van der Waals surface area (Å²) in [4.78, 5) is 43.9. The molecule has 34 heavy (non-hydrogen) atoms. The summed E-state index contributed by atoms with van der Waals surface area (Å²) < 4.78 is 5.20. The zero-order chi connectivity index (χ0) is 24.2. The minimum absolute atomic E-state index is 0.120. The van der Waals surface area contributed by atoms with E-state index in [1.807, 2.05) is 0 Å². The number of aromatic amines is 1. The van der Waals surface area contributed by atoms with Crippen LogP contribution in [0.4, 0.5) is 0 Å². The highest BCUT2D eigenvalue weighted by Gasteiger charge is 2.55. The number of rotatable bonds is 10. The maximum atomic E-state index is 13.0. The van der Waals surface area contributed by atoms with Gasteiger partial charge in [0.25, 0.3) is 11.8 Å². The second-order valence-corrected chi connectivity index (χ2v) is 9.29. The number of amides is 2. The number of hydrogen-bond acceptors (Lipinski definition) is 12. The molecule has 3 atom stereocenters. The van der Waals surface area contributed by atoms with Gasteiger partial charge in [0, 0.05) is 11.0 Å². The standard InChI is InChI=1S/C18H20N8O6S2/c1-31-23-11(9-3-2-6-32-9)14(27)20-12-15(28)26-13(17(29)30)8(7-33-16(12)26)10(4-5-19)34-18-21-24-25-22-18/h2-3,6,10,12,16H,4-5,7,19H2,1H3,(H,20,27)(H,29,30)(H,21,22,24,25)/b23-11-/t10?,12?,16-/m0/s1. The van der Waals surface area contributed by atoms with Crippen LogP contribution in [0.15, 0.2) is 44.4 Å². The predicted octanol–water partition coefficient (Wildman–Crippen LogP) is -0.608. The van der Waals surface area contributed by atoms with E-state index in [0.29, 0.717) is 29.4 Å². The first-order valence-corrected chi connectivity index (χ1v) is 11.9. The number of aromatic nitrogens is 4. The number of tetrazole rings is 1. The fraction of sp³-hybridized carbons (Fsp3) is 0.389. The first kappa shape index (κ1) is 23.8. The molecule has 16 heteroatoms. The van der Waals surface area contributed by atoms with Gasteiger partial charge in [-0.25, -0.2) is 4.79 Å². The number of nitrogens with one attached hydrogen (secondary N) is 2. The van der Waals surface area contributed by atoms with Crippen LogP contribution in [0.3, 0.4) is 0 Å². The van der Waals surface area contributed by atoms with E-state index < -0.39 is 29.2 Å². The molecule has 2 aromatic heterocycles. The van der Waals surface area contributed by atoms with E-state index in [4.69, 9.17) is 15.0 Å². The van der Waals surface area contributed by atoms with Crippen molar-refractivity contribution < 1.29 is 28.7 Å². The van der Waals surface area contributed by atoms with E-state index in [9.17, 15) is 19.5 Å². The molecule has 0 aromatic carbocycles. The largest absolute Gasteiger partial charge is 0.477 e. The summed E-state index contributed by atoms with van der Waals surface area (Å²) in [7, 11) is 1.28. The Morgan fingerprint density at radius 1 is 1.56 bits per heavy atom. The van der Waals surface area contributed by atoms with Crippen molar-refractivity contribution in [1.29, 1.82) is 0 Å². The number of carboxylic acids is 1. The highest BCUT2D eigenvalue weighted by atomic mass is 32.2. The molecule has 0 bridgehead atoms. The van der Waals surface area contributed by atoms with Crippen LogP contribution in [0.2, 0.25) is 0 Å². The highest BCUT2D eigenvalue weighted by molar-refractivity contribution is 8.01. The third-order valence-corrected chi connectivity index (χ3v) is 7.52. The fourth-order valence-corrected chi connectivity index (χ4v) is 6.14. The zero-order valence-corrected chi connectivity index (χ0v) is 19.3. The number of β-lactam (4-membered cyclic amide) rings is 1. The molecule has 2 amide bonds. The average molecular weight is 509 g/mol. The number of carbonyl (C=O) groups excluding carboxylic acids is 2. The van der Waals surface area contributed by atoms with E-state index in [2.05, 4.69) is 31.1 Å². The fourth-order valence-electron chi connectivity index (χ4n) is 3.59. The topological polar surface area (TPSA) is 202 Å². The van der Waals surface area contributed by atoms with Gasteiger partial charge < -0.3 is 25.4 Å². The average Bonchev–Trinajstić information content (AvgIpc) is 3.54. The molecule has 180 valence electrons. The van der Waals surface area contributed by atoms with Crippen LogP contribution in [0.1, 0.15) is 12.2 Å². The van der Waals surface area contributed by atoms with Crippen molar-refractivity contribution >= 4 is 47.0 Å². The second-order valence-electron chi connectivity index (χ2n) is 7.02. The van der Waals surface area contributed by atoms with Crippen LogP contribution >= 0.6 is 23.5 Å². The van der Waals surface area contributed by atoms with Gasteiger partial charge >= 0.3 is 5.97 Å². The lowest BCUT2D eigenvalue weighted by molar-refractivity contribution is -0.150. The van der Waals surface area contributed by atoms with Crippen molar-refractivity contribution in [3.63, 3.8) is 0 Å². The van der Waals surface area contributed by atoms with Crippen molar-refractivity contribution in [3.05, 3.63) is 35.4 Å². The molecule has 1 saturated heterocycles. The van der Waals surface area contributed by atoms with Crippen LogP contribution in [-0.4, -0.2) is 90.2 Å². The third-order valence-electron chi connectivity index (χ3n) is 5.03. The maximum absolute atomic E-state index is 13.0. The molecule has 0 radical (unpaired) electrons. The molecule has 5 N–H and O–H groups in total. The van der Waals surface area contributed by atoms with Crippen LogP contribution in [0, 0.1) is 0 Å². The summed E-state index contributed by atoms with van der Waals surface area (Å²) in [5, 5.41) is 29.3. The van der Waals surface area contributed by atoms with Crippen LogP contribution in [0.25, 0.3) is 0 Å². The van der Waals surface area contributed by atoms with E-state index in [-0.39, 0.29) is 22.4 Å². The molecule has 0 spiro atoms. The van der Waals surface area contributed by atoms with Crippen molar-refractivity contribution in [2.45, 2.75) is 28.2 Å². The molecule has 4 rings (SSSR count). The number of furan rings is 1. The Bertz CT molecular complexity index is 1120. The lowest BCUT2D eigenvalue weighted by Gasteiger charge is -2.50. The highest BCUT2D eigenvalue weighted by Crippen LogP contribution is 2.44. The number of H-pyrrole nitrogens is 1. The Kier molecular flexibility index (Phi) is 7.18. The monoisotopic (exact) mass is 508 g/mol. The molecule has 0 aliphatic carbocycles. The van der Waals surface area contributed by atoms with Gasteiger partial charge in [-0.05, 0) is 35.9 Å². The molecule has 2 aliphatic rings. The van der Waals surface area contributed by atoms with Gasteiger partial charge in [0.1, 0.15) is 24.2 Å². The second kappa shape index (κ2) is 10.3. The Morgan fingerprint density at radius 2 is 2.38 bits per heavy atom. The van der Waals surface area contributed by atoms with E-state index in [0.717, 1.165) is 0 Å². The minimum Gasteiger partial charge on any atom is -0.477 e. The lowest BCUT2D eigenvalue weighted by atomic mass is 10.00. The molecular formula is C18H20N8O6S2. The summed E-state index contributed by atoms with van der Waals surface area (Å²) >= 11 is 2.56. The van der Waals surface area contributed by atoms with Crippen molar-refractivity contribution in [1.82, 2.24) is 30.8 Å². The number of fused-ring (bicyclic) bond motifs is 1. The first-order chi connectivity index (χ1) is 16.5. The normalized spacial score (nSPS) is 21.1. The van der Waals surface area contributed by atoms with Gasteiger partial charge in [-0.1, -0.05) is 16.9 Å². The summed E-state index contributed by atoms with van der Waals surface area (Å²) in [6.07, 6.45) is 1.82. The number of carbonyl (C=O) groups is 3. The summed E-state index contributed by atoms with van der Waals surface area (Å²) in [5.74, 6) is -2.00. The van der Waals surface area contributed by atoms with Gasteiger partial charge in [0.05, 0.1) is 6.26 Å². The molecule has 1 fully saturated rings. The van der Waals surface area contributed by atoms with Gasteiger partial charge in [-0.15, -0.1) is 22.0 Å². The van der Waals surface area contributed by atoms with E-state index >= 15 is 0 Å². The van der Waals surface area contributed by atoms with Crippen molar-refractivity contribution in [3.8, 4) is 0 Å². The van der Waals surface area contributed by atoms with Crippen LogP contribution in [0.5, 0.6) is 0 Å². The van der Waals surface area contributed by atoms with Crippen LogP contribution in [-0.2, 0) is 19.2 Å². The van der Waals surface area contributed by atoms with Gasteiger partial charge in [0.15, 0.2) is 5.76 Å². The predicted molar refractivity (Wildman–Crippen MR) is 119 cm³/mol. The number of aliphatic carboxylic acids is 1. The van der Waals surface area contributed by atoms with Crippen molar-refractivity contribution in [2.75, 3.05) is 19.4 Å². The molecule has 0 saturated carbocycles. The zero-order valence-electron chi connectivity index (χ0n) is 17.7. The first-order valence-electron chi connectivity index (χ1n) is 9.93. The Morgan fingerprint density at radius 3 is 3.00 bits per heavy atom. The molecule has 4 heterocycles. The number of thioether (sulfide) groups is 2. The molecular weight excluding hydrogens is 488 g/mol. The number of nitrogens with two attached hydrogens (primary N) is 1. The van der Waals surface area contributed by atoms with Gasteiger partial charge in [0.2, 0.25) is 10.9 Å². The Hall–Kier alpha value is -3.37. The van der Waals surface area contributed by atoms with E-state index in [1.54, 1.807) is 6.07 Å². The lowest BCUT2D eigenvalue weighted by Crippen LogP contribution is -2.71. The molecule has 2 unspecified atom stereocenters. The molecule has 2 aromatic rings. The number of nitrogens with zero attached hydrogens (tertiary/aromatic N) is 5. The van der Waals surface area contributed by atoms with Crippen LogP contribution < -0.4 is 11.1 Å². The van der Waals surface area contributed by atoms with Crippen molar-refractivity contribution in [2.24, 2.45) is 10.9 Å². The third kappa shape index (κ3) is 4.51. The summed E-state index contributed by atoms with van der Waals surface area (Å²) in [5.41, 5.74) is 6.02. The smallest absolute Gasteiger partial charge is 0.352 e. The minimum atomic E-state index is -1.24. The Balaban J connectivity index is 1.56. The molecule has 2 aliphatic heterocycles. The maximum Gasteiger partial charge on any atom is 0.352 e. The Labute approximate surface area is 200 Å². The summed E-state index contributed by atoms with van der Waals surface area (Å²) in [6.45, 7) is 0.293. The van der Waals surface area contributed by atoms with E-state index in [1.165, 1.54) is 47.9 Å². The molecule has 14 nitrogen and oxygen atoms in total. The number of oxime groups is 1.